The number of nitrogens with zero attached hydrogens (tertiary/aromatic N) is 3. The van der Waals surface area contributed by atoms with Crippen LogP contribution in [0, 0.1) is 6.92 Å². The Hall–Kier alpha value is -1.53. The molecule has 0 bridgehead atoms. The summed E-state index contributed by atoms with van der Waals surface area (Å²) in [5.41, 5.74) is 0.625. The molecular formula is C10H15F3N4. The first-order chi connectivity index (χ1) is 7.81. The number of hydrogen-bond donors (Lipinski definition) is 1. The van der Waals surface area contributed by atoms with E-state index in [1.165, 1.54) is 13.1 Å². The van der Waals surface area contributed by atoms with Gasteiger partial charge in [-0.2, -0.15) is 18.2 Å². The molecule has 0 saturated heterocycles. The van der Waals surface area contributed by atoms with Crippen LogP contribution in [0.15, 0.2) is 6.07 Å². The first kappa shape index (κ1) is 13.5. The van der Waals surface area contributed by atoms with Gasteiger partial charge in [-0.1, -0.05) is 0 Å². The average molecular weight is 248 g/mol. The Balaban J connectivity index is 2.89. The van der Waals surface area contributed by atoms with Crippen LogP contribution in [-0.4, -0.2) is 36.3 Å². The second-order valence-corrected chi connectivity index (χ2v) is 3.69. The van der Waals surface area contributed by atoms with Crippen molar-refractivity contribution in [2.75, 3.05) is 30.4 Å². The van der Waals surface area contributed by atoms with E-state index in [4.69, 9.17) is 0 Å². The van der Waals surface area contributed by atoms with Gasteiger partial charge in [0.2, 0.25) is 5.95 Å². The first-order valence-electron chi connectivity index (χ1n) is 5.19. The predicted octanol–water partition coefficient (Wildman–Crippen LogP) is 2.22. The molecule has 0 fully saturated rings. The van der Waals surface area contributed by atoms with Gasteiger partial charge >= 0.3 is 6.18 Å². The van der Waals surface area contributed by atoms with E-state index in [-0.39, 0.29) is 5.82 Å². The lowest BCUT2D eigenvalue weighted by Gasteiger charge is -2.20. The highest BCUT2D eigenvalue weighted by Crippen LogP contribution is 2.20. The molecule has 0 spiro atoms. The van der Waals surface area contributed by atoms with Gasteiger partial charge < -0.3 is 10.2 Å². The van der Waals surface area contributed by atoms with Crippen LogP contribution in [0.3, 0.4) is 0 Å². The molecule has 1 aromatic heterocycles. The summed E-state index contributed by atoms with van der Waals surface area (Å²) in [5.74, 6) is 0.599. The molecule has 0 aliphatic rings. The van der Waals surface area contributed by atoms with Crippen molar-refractivity contribution in [3.63, 3.8) is 0 Å². The number of rotatable bonds is 4. The molecule has 1 rings (SSSR count). The van der Waals surface area contributed by atoms with Crippen molar-refractivity contribution in [2.45, 2.75) is 20.0 Å². The van der Waals surface area contributed by atoms with Crippen LogP contribution < -0.4 is 10.2 Å². The minimum Gasteiger partial charge on any atom is -0.354 e. The van der Waals surface area contributed by atoms with E-state index in [9.17, 15) is 13.2 Å². The van der Waals surface area contributed by atoms with Crippen LogP contribution in [0.2, 0.25) is 0 Å². The smallest absolute Gasteiger partial charge is 0.354 e. The van der Waals surface area contributed by atoms with Gasteiger partial charge in [-0.15, -0.1) is 0 Å². The van der Waals surface area contributed by atoms with E-state index >= 15 is 0 Å². The van der Waals surface area contributed by atoms with Gasteiger partial charge in [0, 0.05) is 25.4 Å². The van der Waals surface area contributed by atoms with E-state index < -0.39 is 12.7 Å². The molecule has 0 radical (unpaired) electrons. The summed E-state index contributed by atoms with van der Waals surface area (Å²) in [6.45, 7) is 3.17. The number of alkyl halides is 3. The minimum absolute atomic E-state index is 0.255. The second kappa shape index (κ2) is 5.20. The van der Waals surface area contributed by atoms with Crippen molar-refractivity contribution in [3.05, 3.63) is 11.8 Å². The number of halogens is 3. The molecule has 1 N–H and O–H groups in total. The lowest BCUT2D eigenvalue weighted by atomic mass is 10.4. The van der Waals surface area contributed by atoms with E-state index in [2.05, 4.69) is 15.3 Å². The topological polar surface area (TPSA) is 41.1 Å². The molecule has 7 heteroatoms. The fourth-order valence-electron chi connectivity index (χ4n) is 1.33. The summed E-state index contributed by atoms with van der Waals surface area (Å²) >= 11 is 0. The van der Waals surface area contributed by atoms with Crippen molar-refractivity contribution >= 4 is 11.8 Å². The van der Waals surface area contributed by atoms with E-state index in [1.807, 2.05) is 6.92 Å². The first-order valence-corrected chi connectivity index (χ1v) is 5.19. The molecule has 0 amide bonds. The van der Waals surface area contributed by atoms with Crippen LogP contribution >= 0.6 is 0 Å². The number of hydrogen-bond acceptors (Lipinski definition) is 4. The summed E-state index contributed by atoms with van der Waals surface area (Å²) in [6.07, 6.45) is -4.24. The summed E-state index contributed by atoms with van der Waals surface area (Å²) in [4.78, 5) is 9.13. The largest absolute Gasteiger partial charge is 0.405 e. The third-order valence-electron chi connectivity index (χ3n) is 1.98. The van der Waals surface area contributed by atoms with E-state index in [1.54, 1.807) is 6.92 Å². The van der Waals surface area contributed by atoms with Gasteiger partial charge in [-0.05, 0) is 13.8 Å². The fourth-order valence-corrected chi connectivity index (χ4v) is 1.33. The minimum atomic E-state index is -4.24. The predicted molar refractivity (Wildman–Crippen MR) is 60.3 cm³/mol. The average Bonchev–Trinajstić information content (AvgIpc) is 2.14. The molecule has 17 heavy (non-hydrogen) atoms. The second-order valence-electron chi connectivity index (χ2n) is 3.69. The molecule has 96 valence electrons. The zero-order chi connectivity index (χ0) is 13.1. The van der Waals surface area contributed by atoms with Gasteiger partial charge in [0.05, 0.1) is 0 Å². The molecular weight excluding hydrogens is 233 g/mol. The molecule has 0 unspecified atom stereocenters. The Labute approximate surface area is 97.9 Å². The van der Waals surface area contributed by atoms with Gasteiger partial charge in [0.15, 0.2) is 0 Å². The molecule has 0 aliphatic heterocycles. The Bertz CT molecular complexity index is 378. The Kier molecular flexibility index (Phi) is 4.14. The third kappa shape index (κ3) is 4.46. The summed E-state index contributed by atoms with van der Waals surface area (Å²) in [7, 11) is 1.35. The maximum Gasteiger partial charge on any atom is 0.405 e. The van der Waals surface area contributed by atoms with Crippen molar-refractivity contribution in [1.29, 1.82) is 0 Å². The standard InChI is InChI=1S/C10H15F3N4/c1-4-14-9-15-7(2)5-8(16-9)17(3)6-10(11,12)13/h5H,4,6H2,1-3H3,(H,14,15,16). The van der Waals surface area contributed by atoms with Gasteiger partial charge in [0.1, 0.15) is 12.4 Å². The zero-order valence-electron chi connectivity index (χ0n) is 9.97. The summed E-state index contributed by atoms with van der Waals surface area (Å²) in [5, 5.41) is 2.88. The summed E-state index contributed by atoms with van der Waals surface area (Å²) in [6, 6.07) is 1.52. The quantitative estimate of drug-likeness (QED) is 0.887. The molecule has 0 saturated carbocycles. The summed E-state index contributed by atoms with van der Waals surface area (Å²) < 4.78 is 36.7. The third-order valence-corrected chi connectivity index (χ3v) is 1.98. The van der Waals surface area contributed by atoms with Crippen LogP contribution in [0.25, 0.3) is 0 Å². The Morgan fingerprint density at radius 1 is 1.35 bits per heavy atom. The lowest BCUT2D eigenvalue weighted by molar-refractivity contribution is -0.119. The number of anilines is 2. The monoisotopic (exact) mass is 248 g/mol. The Morgan fingerprint density at radius 2 is 2.00 bits per heavy atom. The highest BCUT2D eigenvalue weighted by molar-refractivity contribution is 5.44. The maximum atomic E-state index is 12.2. The molecule has 0 aliphatic carbocycles. The lowest BCUT2D eigenvalue weighted by Crippen LogP contribution is -2.31. The van der Waals surface area contributed by atoms with Crippen LogP contribution in [0.5, 0.6) is 0 Å². The van der Waals surface area contributed by atoms with Crippen molar-refractivity contribution in [2.24, 2.45) is 0 Å². The molecule has 0 atom stereocenters. The van der Waals surface area contributed by atoms with Crippen LogP contribution in [-0.2, 0) is 0 Å². The molecule has 0 aromatic carbocycles. The van der Waals surface area contributed by atoms with Gasteiger partial charge in [0.25, 0.3) is 0 Å². The van der Waals surface area contributed by atoms with Crippen LogP contribution in [0.1, 0.15) is 12.6 Å². The molecule has 1 aromatic rings. The molecule has 1 heterocycles. The number of aryl methyl sites for hydroxylation is 1. The number of aromatic nitrogens is 2. The zero-order valence-corrected chi connectivity index (χ0v) is 9.97. The normalized spacial score (nSPS) is 11.4. The molecule has 4 nitrogen and oxygen atoms in total. The van der Waals surface area contributed by atoms with E-state index in [0.717, 1.165) is 4.90 Å². The van der Waals surface area contributed by atoms with Crippen molar-refractivity contribution < 1.29 is 13.2 Å². The fraction of sp³-hybridized carbons (Fsp3) is 0.600. The van der Waals surface area contributed by atoms with Crippen molar-refractivity contribution in [1.82, 2.24) is 9.97 Å². The highest BCUT2D eigenvalue weighted by Gasteiger charge is 2.30. The maximum absolute atomic E-state index is 12.2. The van der Waals surface area contributed by atoms with E-state index in [0.29, 0.717) is 18.2 Å². The highest BCUT2D eigenvalue weighted by atomic mass is 19.4. The van der Waals surface area contributed by atoms with Crippen molar-refractivity contribution in [3.8, 4) is 0 Å². The number of nitrogens with one attached hydrogen (secondary N) is 1. The van der Waals surface area contributed by atoms with Crippen LogP contribution in [0.4, 0.5) is 24.9 Å². The van der Waals surface area contributed by atoms with Gasteiger partial charge in [-0.25, -0.2) is 4.98 Å². The Morgan fingerprint density at radius 3 is 2.53 bits per heavy atom. The SMILES string of the molecule is CCNc1nc(C)cc(N(C)CC(F)(F)F)n1. The van der Waals surface area contributed by atoms with Gasteiger partial charge in [-0.3, -0.25) is 0 Å².